The Labute approximate surface area is 54.4 Å². The van der Waals surface area contributed by atoms with Crippen LogP contribution in [-0.2, 0) is 9.53 Å². The molecule has 9 heavy (non-hydrogen) atoms. The lowest BCUT2D eigenvalue weighted by Gasteiger charge is -2.05. The quantitative estimate of drug-likeness (QED) is 0.537. The van der Waals surface area contributed by atoms with Crippen molar-refractivity contribution in [1.82, 2.24) is 5.32 Å². The molecule has 0 saturated carbocycles. The van der Waals surface area contributed by atoms with Gasteiger partial charge in [0.25, 0.3) is 0 Å². The van der Waals surface area contributed by atoms with Crippen LogP contribution in [0.4, 0.5) is 0 Å². The van der Waals surface area contributed by atoms with Crippen molar-refractivity contribution < 1.29 is 9.53 Å². The Bertz CT molecular complexity index is 108. The number of carbonyl (C=O) groups is 1. The van der Waals surface area contributed by atoms with Gasteiger partial charge in [0.15, 0.2) is 0 Å². The van der Waals surface area contributed by atoms with Gasteiger partial charge in [-0.15, -0.1) is 0 Å². The number of amides is 1. The highest BCUT2D eigenvalue weighted by Gasteiger charge is 2.21. The SMILES string of the molecule is CNC(=O)[C@H]1CCCO1. The van der Waals surface area contributed by atoms with E-state index in [1.807, 2.05) is 0 Å². The normalized spacial score (nSPS) is 26.1. The topological polar surface area (TPSA) is 38.3 Å². The van der Waals surface area contributed by atoms with Crippen molar-refractivity contribution in [2.75, 3.05) is 13.7 Å². The summed E-state index contributed by atoms with van der Waals surface area (Å²) in [7, 11) is 1.63. The fourth-order valence-electron chi connectivity index (χ4n) is 0.945. The highest BCUT2D eigenvalue weighted by molar-refractivity contribution is 5.80. The number of likely N-dealkylation sites (N-methyl/N-ethyl adjacent to an activating group) is 1. The van der Waals surface area contributed by atoms with Crippen LogP contribution in [0.25, 0.3) is 0 Å². The molecule has 0 aromatic carbocycles. The first-order valence-electron chi connectivity index (χ1n) is 3.18. The van der Waals surface area contributed by atoms with Gasteiger partial charge in [-0.25, -0.2) is 0 Å². The molecular formula is C6H11NO2. The number of rotatable bonds is 1. The van der Waals surface area contributed by atoms with Crippen LogP contribution in [0.3, 0.4) is 0 Å². The fourth-order valence-corrected chi connectivity index (χ4v) is 0.945. The van der Waals surface area contributed by atoms with Crippen LogP contribution in [-0.4, -0.2) is 25.7 Å². The predicted octanol–water partition coefficient (Wildman–Crippen LogP) is -0.0886. The molecule has 1 fully saturated rings. The lowest BCUT2D eigenvalue weighted by atomic mass is 10.2. The molecule has 1 atom stereocenters. The second kappa shape index (κ2) is 2.82. The van der Waals surface area contributed by atoms with E-state index in [2.05, 4.69) is 5.32 Å². The summed E-state index contributed by atoms with van der Waals surface area (Å²) in [4.78, 5) is 10.8. The number of nitrogens with one attached hydrogen (secondary N) is 1. The molecule has 1 saturated heterocycles. The Morgan fingerprint density at radius 3 is 3.00 bits per heavy atom. The largest absolute Gasteiger partial charge is 0.368 e. The Morgan fingerprint density at radius 1 is 1.78 bits per heavy atom. The Balaban J connectivity index is 2.32. The van der Waals surface area contributed by atoms with E-state index in [1.54, 1.807) is 7.05 Å². The van der Waals surface area contributed by atoms with Crippen LogP contribution < -0.4 is 5.32 Å². The molecule has 3 nitrogen and oxygen atoms in total. The molecule has 0 radical (unpaired) electrons. The van der Waals surface area contributed by atoms with Gasteiger partial charge in [0.2, 0.25) is 5.91 Å². The monoisotopic (exact) mass is 129 g/mol. The van der Waals surface area contributed by atoms with Crippen LogP contribution in [0.1, 0.15) is 12.8 Å². The van der Waals surface area contributed by atoms with Crippen LogP contribution in [0.15, 0.2) is 0 Å². The summed E-state index contributed by atoms with van der Waals surface area (Å²) in [6.07, 6.45) is 1.72. The molecule has 1 rings (SSSR count). The Hall–Kier alpha value is -0.570. The summed E-state index contributed by atoms with van der Waals surface area (Å²) in [5, 5.41) is 2.54. The standard InChI is InChI=1S/C6H11NO2/c1-7-6(8)5-3-2-4-9-5/h5H,2-4H2,1H3,(H,7,8)/t5-/m1/s1. The molecule has 0 aliphatic carbocycles. The molecule has 1 amide bonds. The van der Waals surface area contributed by atoms with Crippen molar-refractivity contribution in [3.63, 3.8) is 0 Å². The van der Waals surface area contributed by atoms with Gasteiger partial charge in [-0.05, 0) is 12.8 Å². The van der Waals surface area contributed by atoms with Crippen molar-refractivity contribution in [2.45, 2.75) is 18.9 Å². The van der Waals surface area contributed by atoms with Gasteiger partial charge < -0.3 is 10.1 Å². The zero-order valence-electron chi connectivity index (χ0n) is 5.52. The average molecular weight is 129 g/mol. The molecule has 0 unspecified atom stereocenters. The van der Waals surface area contributed by atoms with Crippen molar-refractivity contribution >= 4 is 5.91 Å². The zero-order valence-corrected chi connectivity index (χ0v) is 5.52. The van der Waals surface area contributed by atoms with E-state index < -0.39 is 0 Å². The molecule has 0 aromatic heterocycles. The summed E-state index contributed by atoms with van der Waals surface area (Å²) in [5.41, 5.74) is 0. The van der Waals surface area contributed by atoms with Gasteiger partial charge in [-0.1, -0.05) is 0 Å². The van der Waals surface area contributed by atoms with Crippen molar-refractivity contribution in [2.24, 2.45) is 0 Å². The van der Waals surface area contributed by atoms with Gasteiger partial charge in [-0.2, -0.15) is 0 Å². The minimum absolute atomic E-state index is 0.00694. The lowest BCUT2D eigenvalue weighted by molar-refractivity contribution is -0.129. The van der Waals surface area contributed by atoms with Crippen molar-refractivity contribution in [3.05, 3.63) is 0 Å². The van der Waals surface area contributed by atoms with Crippen LogP contribution in [0, 0.1) is 0 Å². The molecule has 1 aliphatic rings. The van der Waals surface area contributed by atoms with Gasteiger partial charge in [0.1, 0.15) is 6.10 Å². The number of ether oxygens (including phenoxy) is 1. The molecule has 1 heterocycles. The molecular weight excluding hydrogens is 118 g/mol. The zero-order chi connectivity index (χ0) is 6.69. The third-order valence-corrected chi connectivity index (χ3v) is 1.47. The predicted molar refractivity (Wildman–Crippen MR) is 33.0 cm³/mol. The summed E-state index contributed by atoms with van der Waals surface area (Å²) >= 11 is 0. The Morgan fingerprint density at radius 2 is 2.56 bits per heavy atom. The number of carbonyl (C=O) groups excluding carboxylic acids is 1. The lowest BCUT2D eigenvalue weighted by Crippen LogP contribution is -2.30. The molecule has 52 valence electrons. The first kappa shape index (κ1) is 6.55. The van der Waals surface area contributed by atoms with E-state index in [0.29, 0.717) is 0 Å². The number of hydrogen-bond donors (Lipinski definition) is 1. The molecule has 0 aromatic rings. The first-order valence-corrected chi connectivity index (χ1v) is 3.18. The minimum atomic E-state index is -0.171. The summed E-state index contributed by atoms with van der Waals surface area (Å²) in [6.45, 7) is 0.734. The van der Waals surface area contributed by atoms with Gasteiger partial charge in [0, 0.05) is 13.7 Å². The third kappa shape index (κ3) is 1.42. The Kier molecular flexibility index (Phi) is 2.05. The highest BCUT2D eigenvalue weighted by atomic mass is 16.5. The molecule has 0 spiro atoms. The smallest absolute Gasteiger partial charge is 0.248 e. The van der Waals surface area contributed by atoms with E-state index in [0.717, 1.165) is 19.4 Å². The van der Waals surface area contributed by atoms with E-state index >= 15 is 0 Å². The maximum absolute atomic E-state index is 10.8. The number of hydrogen-bond acceptors (Lipinski definition) is 2. The van der Waals surface area contributed by atoms with E-state index in [1.165, 1.54) is 0 Å². The van der Waals surface area contributed by atoms with E-state index in [-0.39, 0.29) is 12.0 Å². The maximum atomic E-state index is 10.8. The third-order valence-electron chi connectivity index (χ3n) is 1.47. The second-order valence-electron chi connectivity index (χ2n) is 2.12. The van der Waals surface area contributed by atoms with Gasteiger partial charge in [-0.3, -0.25) is 4.79 Å². The van der Waals surface area contributed by atoms with Crippen LogP contribution >= 0.6 is 0 Å². The summed E-state index contributed by atoms with van der Waals surface area (Å²) in [6, 6.07) is 0. The van der Waals surface area contributed by atoms with Crippen LogP contribution in [0.2, 0.25) is 0 Å². The summed E-state index contributed by atoms with van der Waals surface area (Å²) in [5.74, 6) is 0.00694. The van der Waals surface area contributed by atoms with E-state index in [4.69, 9.17) is 4.74 Å². The first-order chi connectivity index (χ1) is 4.34. The average Bonchev–Trinajstić information content (AvgIpc) is 2.37. The minimum Gasteiger partial charge on any atom is -0.368 e. The van der Waals surface area contributed by atoms with Gasteiger partial charge in [0.05, 0.1) is 0 Å². The molecule has 1 aliphatic heterocycles. The van der Waals surface area contributed by atoms with E-state index in [9.17, 15) is 4.79 Å². The molecule has 0 bridgehead atoms. The van der Waals surface area contributed by atoms with Crippen molar-refractivity contribution in [3.8, 4) is 0 Å². The second-order valence-corrected chi connectivity index (χ2v) is 2.12. The molecule has 1 N–H and O–H groups in total. The molecule has 3 heteroatoms. The van der Waals surface area contributed by atoms with Gasteiger partial charge >= 0.3 is 0 Å². The maximum Gasteiger partial charge on any atom is 0.248 e. The van der Waals surface area contributed by atoms with Crippen LogP contribution in [0.5, 0.6) is 0 Å². The van der Waals surface area contributed by atoms with Crippen molar-refractivity contribution in [1.29, 1.82) is 0 Å². The fraction of sp³-hybridized carbons (Fsp3) is 0.833. The highest BCUT2D eigenvalue weighted by Crippen LogP contribution is 2.10. The summed E-state index contributed by atoms with van der Waals surface area (Å²) < 4.78 is 5.09.